The van der Waals surface area contributed by atoms with E-state index in [0.29, 0.717) is 19.1 Å². The van der Waals surface area contributed by atoms with Crippen molar-refractivity contribution in [3.8, 4) is 0 Å². The van der Waals surface area contributed by atoms with E-state index >= 15 is 0 Å². The van der Waals surface area contributed by atoms with Gasteiger partial charge in [0.1, 0.15) is 0 Å². The van der Waals surface area contributed by atoms with Gasteiger partial charge < -0.3 is 9.64 Å². The Morgan fingerprint density at radius 1 is 1.47 bits per heavy atom. The lowest BCUT2D eigenvalue weighted by Gasteiger charge is -2.19. The summed E-state index contributed by atoms with van der Waals surface area (Å²) < 4.78 is 6.59. The summed E-state index contributed by atoms with van der Waals surface area (Å²) in [6, 6.07) is 8.01. The van der Waals surface area contributed by atoms with E-state index in [-0.39, 0.29) is 5.91 Å². The highest BCUT2D eigenvalue weighted by atomic mass is 79.9. The van der Waals surface area contributed by atoms with E-state index in [2.05, 4.69) is 15.9 Å². The Morgan fingerprint density at radius 3 is 2.95 bits per heavy atom. The van der Waals surface area contributed by atoms with Crippen molar-refractivity contribution in [2.24, 2.45) is 0 Å². The number of ether oxygens (including phenoxy) is 1. The van der Waals surface area contributed by atoms with Crippen LogP contribution in [0.15, 0.2) is 28.7 Å². The summed E-state index contributed by atoms with van der Waals surface area (Å²) in [5, 5.41) is 0. The number of nitrogens with zero attached hydrogens (tertiary/aromatic N) is 1. The summed E-state index contributed by atoms with van der Waals surface area (Å²) in [4.78, 5) is 13.9. The first-order valence-corrected chi connectivity index (χ1v) is 7.55. The molecule has 19 heavy (non-hydrogen) atoms. The molecule has 1 aliphatic heterocycles. The van der Waals surface area contributed by atoms with Crippen LogP contribution in [0.3, 0.4) is 0 Å². The van der Waals surface area contributed by atoms with Crippen molar-refractivity contribution in [1.82, 2.24) is 4.90 Å². The topological polar surface area (TPSA) is 29.5 Å². The average Bonchev–Trinajstić information content (AvgIpc) is 2.91. The maximum atomic E-state index is 12.1. The van der Waals surface area contributed by atoms with Crippen LogP contribution in [-0.2, 0) is 16.1 Å². The summed E-state index contributed by atoms with van der Waals surface area (Å²) >= 11 is 3.51. The molecule has 1 fully saturated rings. The maximum Gasteiger partial charge on any atom is 0.222 e. The average molecular weight is 326 g/mol. The van der Waals surface area contributed by atoms with Crippen molar-refractivity contribution in [3.63, 3.8) is 0 Å². The fraction of sp³-hybridized carbons (Fsp3) is 0.533. The Labute approximate surface area is 123 Å². The van der Waals surface area contributed by atoms with Crippen LogP contribution < -0.4 is 0 Å². The van der Waals surface area contributed by atoms with Gasteiger partial charge in [-0.25, -0.2) is 0 Å². The minimum atomic E-state index is 0.186. The number of carbonyl (C=O) groups excluding carboxylic acids is 1. The van der Waals surface area contributed by atoms with Gasteiger partial charge in [0.2, 0.25) is 5.91 Å². The van der Waals surface area contributed by atoms with Crippen LogP contribution >= 0.6 is 15.9 Å². The van der Waals surface area contributed by atoms with Crippen molar-refractivity contribution in [1.29, 1.82) is 0 Å². The number of benzene rings is 1. The molecule has 1 heterocycles. The van der Waals surface area contributed by atoms with E-state index in [9.17, 15) is 4.79 Å². The van der Waals surface area contributed by atoms with Crippen molar-refractivity contribution >= 4 is 21.8 Å². The van der Waals surface area contributed by atoms with Crippen LogP contribution in [0.25, 0.3) is 0 Å². The molecule has 4 heteroatoms. The zero-order chi connectivity index (χ0) is 13.7. The van der Waals surface area contributed by atoms with E-state index in [0.717, 1.165) is 35.9 Å². The third-order valence-electron chi connectivity index (χ3n) is 3.50. The number of amides is 1. The molecule has 1 atom stereocenters. The van der Waals surface area contributed by atoms with Crippen LogP contribution in [-0.4, -0.2) is 30.6 Å². The predicted molar refractivity (Wildman–Crippen MR) is 78.8 cm³/mol. The third kappa shape index (κ3) is 4.32. The smallest absolute Gasteiger partial charge is 0.222 e. The summed E-state index contributed by atoms with van der Waals surface area (Å²) in [5.74, 6) is 0.186. The van der Waals surface area contributed by atoms with Gasteiger partial charge >= 0.3 is 0 Å². The van der Waals surface area contributed by atoms with Gasteiger partial charge in [-0.15, -0.1) is 0 Å². The first-order chi connectivity index (χ1) is 9.16. The first kappa shape index (κ1) is 14.5. The normalized spacial score (nSPS) is 18.5. The fourth-order valence-electron chi connectivity index (χ4n) is 2.32. The van der Waals surface area contributed by atoms with Crippen molar-refractivity contribution in [2.75, 3.05) is 13.7 Å². The van der Waals surface area contributed by atoms with Crippen LogP contribution in [0.5, 0.6) is 0 Å². The molecule has 0 radical (unpaired) electrons. The summed E-state index contributed by atoms with van der Waals surface area (Å²) in [6.45, 7) is 1.50. The van der Waals surface area contributed by atoms with Crippen molar-refractivity contribution < 1.29 is 9.53 Å². The predicted octanol–water partition coefficient (Wildman–Crippen LogP) is 3.37. The number of rotatable bonds is 5. The molecule has 0 saturated carbocycles. The molecule has 0 spiro atoms. The molecule has 1 aromatic carbocycles. The number of halogens is 1. The number of carbonyl (C=O) groups is 1. The van der Waals surface area contributed by atoms with Gasteiger partial charge in [0, 0.05) is 31.1 Å². The molecule has 1 amide bonds. The van der Waals surface area contributed by atoms with Gasteiger partial charge in [-0.05, 0) is 30.9 Å². The molecule has 3 nitrogen and oxygen atoms in total. The van der Waals surface area contributed by atoms with E-state index in [1.54, 1.807) is 4.90 Å². The highest BCUT2D eigenvalue weighted by molar-refractivity contribution is 9.10. The molecule has 1 aliphatic rings. The lowest BCUT2D eigenvalue weighted by molar-refractivity contribution is -0.131. The van der Waals surface area contributed by atoms with E-state index < -0.39 is 0 Å². The van der Waals surface area contributed by atoms with Crippen LogP contribution in [0.4, 0.5) is 0 Å². The van der Waals surface area contributed by atoms with Crippen LogP contribution in [0.1, 0.15) is 31.2 Å². The summed E-state index contributed by atoms with van der Waals surface area (Å²) in [7, 11) is 1.86. The van der Waals surface area contributed by atoms with E-state index in [4.69, 9.17) is 4.74 Å². The minimum absolute atomic E-state index is 0.186. The lowest BCUT2D eigenvalue weighted by atomic mass is 10.1. The fourth-order valence-corrected chi connectivity index (χ4v) is 2.73. The van der Waals surface area contributed by atoms with Crippen LogP contribution in [0.2, 0.25) is 0 Å². The van der Waals surface area contributed by atoms with Gasteiger partial charge in [-0.2, -0.15) is 0 Å². The van der Waals surface area contributed by atoms with E-state index in [1.165, 1.54) is 0 Å². The molecule has 0 N–H and O–H groups in total. The van der Waals surface area contributed by atoms with Crippen LogP contribution in [0, 0.1) is 0 Å². The second kappa shape index (κ2) is 7.06. The second-order valence-electron chi connectivity index (χ2n) is 5.01. The van der Waals surface area contributed by atoms with Gasteiger partial charge in [-0.1, -0.05) is 34.1 Å². The standard InChI is InChI=1S/C15H20BrNO2/c1-17(11-12-5-2-3-7-14(12)16)15(18)9-8-13-6-4-10-19-13/h2-3,5,7,13H,4,6,8-11H2,1H3. The molecule has 0 aromatic heterocycles. The summed E-state index contributed by atoms with van der Waals surface area (Å²) in [5.41, 5.74) is 1.13. The van der Waals surface area contributed by atoms with E-state index in [1.807, 2.05) is 31.3 Å². The third-order valence-corrected chi connectivity index (χ3v) is 4.27. The SMILES string of the molecule is CN(Cc1ccccc1Br)C(=O)CCC1CCCO1. The molecular weight excluding hydrogens is 306 g/mol. The molecule has 104 valence electrons. The number of hydrogen-bond donors (Lipinski definition) is 0. The monoisotopic (exact) mass is 325 g/mol. The number of hydrogen-bond acceptors (Lipinski definition) is 2. The molecule has 0 aliphatic carbocycles. The lowest BCUT2D eigenvalue weighted by Crippen LogP contribution is -2.27. The zero-order valence-corrected chi connectivity index (χ0v) is 12.9. The molecule has 0 bridgehead atoms. The summed E-state index contributed by atoms with van der Waals surface area (Å²) in [6.07, 6.45) is 3.94. The Bertz CT molecular complexity index is 430. The minimum Gasteiger partial charge on any atom is -0.378 e. The quantitative estimate of drug-likeness (QED) is 0.830. The molecule has 2 rings (SSSR count). The molecule has 1 saturated heterocycles. The van der Waals surface area contributed by atoms with Gasteiger partial charge in [-0.3, -0.25) is 4.79 Å². The molecular formula is C15H20BrNO2. The Morgan fingerprint density at radius 2 is 2.26 bits per heavy atom. The van der Waals surface area contributed by atoms with Crippen molar-refractivity contribution in [3.05, 3.63) is 34.3 Å². The highest BCUT2D eigenvalue weighted by Gasteiger charge is 2.18. The maximum absolute atomic E-state index is 12.1. The zero-order valence-electron chi connectivity index (χ0n) is 11.3. The van der Waals surface area contributed by atoms with Gasteiger partial charge in [0.15, 0.2) is 0 Å². The Kier molecular flexibility index (Phi) is 5.40. The Balaban J connectivity index is 1.80. The Hall–Kier alpha value is -0.870. The first-order valence-electron chi connectivity index (χ1n) is 6.76. The van der Waals surface area contributed by atoms with Gasteiger partial charge in [0.05, 0.1) is 6.10 Å². The largest absolute Gasteiger partial charge is 0.378 e. The molecule has 1 unspecified atom stereocenters. The second-order valence-corrected chi connectivity index (χ2v) is 5.87. The highest BCUT2D eigenvalue weighted by Crippen LogP contribution is 2.19. The van der Waals surface area contributed by atoms with Crippen molar-refractivity contribution in [2.45, 2.75) is 38.3 Å². The van der Waals surface area contributed by atoms with Gasteiger partial charge in [0.25, 0.3) is 0 Å². The molecule has 1 aromatic rings.